The maximum absolute atomic E-state index is 11.9. The van der Waals surface area contributed by atoms with Gasteiger partial charge in [-0.3, -0.25) is 4.21 Å². The van der Waals surface area contributed by atoms with Crippen LogP contribution >= 0.6 is 0 Å². The second kappa shape index (κ2) is 5.94. The van der Waals surface area contributed by atoms with E-state index in [4.69, 9.17) is 5.26 Å². The molecule has 0 radical (unpaired) electrons. The topological polar surface area (TPSA) is 75.0 Å². The van der Waals surface area contributed by atoms with Crippen LogP contribution in [-0.4, -0.2) is 24.6 Å². The first-order valence-corrected chi connectivity index (χ1v) is 8.22. The zero-order valence-corrected chi connectivity index (χ0v) is 11.1. The van der Waals surface area contributed by atoms with E-state index in [-0.39, 0.29) is 4.90 Å². The van der Waals surface area contributed by atoms with Crippen LogP contribution in [0.1, 0.15) is 12.8 Å². The standard InChI is InChI=1S/C11H13NO3S2/c1-17(14,15)11-7-3-2-6-10(11)16(13)9-5-4-8-12/h2-3,6-7H,4-5,9H2,1H3. The number of unbranched alkanes of at least 4 members (excludes halogenated alkanes) is 1. The van der Waals surface area contributed by atoms with Crippen molar-refractivity contribution >= 4 is 20.6 Å². The van der Waals surface area contributed by atoms with E-state index in [1.165, 1.54) is 6.07 Å². The molecular weight excluding hydrogens is 258 g/mol. The van der Waals surface area contributed by atoms with E-state index in [0.29, 0.717) is 23.5 Å². The van der Waals surface area contributed by atoms with Gasteiger partial charge in [0, 0.05) is 18.4 Å². The lowest BCUT2D eigenvalue weighted by atomic mass is 10.4. The summed E-state index contributed by atoms with van der Waals surface area (Å²) in [5.74, 6) is 0.306. The Morgan fingerprint density at radius 1 is 1.35 bits per heavy atom. The molecule has 92 valence electrons. The smallest absolute Gasteiger partial charge is 0.176 e. The van der Waals surface area contributed by atoms with Crippen molar-refractivity contribution in [1.29, 1.82) is 5.26 Å². The largest absolute Gasteiger partial charge is 0.254 e. The summed E-state index contributed by atoms with van der Waals surface area (Å²) in [4.78, 5) is 0.434. The lowest BCUT2D eigenvalue weighted by molar-refractivity contribution is 0.599. The second-order valence-corrected chi connectivity index (χ2v) is 7.05. The number of hydrogen-bond donors (Lipinski definition) is 0. The zero-order chi connectivity index (χ0) is 12.9. The van der Waals surface area contributed by atoms with Gasteiger partial charge >= 0.3 is 0 Å². The van der Waals surface area contributed by atoms with Crippen molar-refractivity contribution < 1.29 is 12.6 Å². The van der Waals surface area contributed by atoms with E-state index in [2.05, 4.69) is 0 Å². The van der Waals surface area contributed by atoms with Crippen LogP contribution in [0.3, 0.4) is 0 Å². The maximum Gasteiger partial charge on any atom is 0.176 e. The van der Waals surface area contributed by atoms with Gasteiger partial charge in [-0.15, -0.1) is 0 Å². The van der Waals surface area contributed by atoms with Crippen molar-refractivity contribution in [3.8, 4) is 6.07 Å². The highest BCUT2D eigenvalue weighted by Crippen LogP contribution is 2.19. The Morgan fingerprint density at radius 2 is 2.00 bits per heavy atom. The Morgan fingerprint density at radius 3 is 2.59 bits per heavy atom. The number of nitriles is 1. The van der Waals surface area contributed by atoms with Crippen molar-refractivity contribution in [3.05, 3.63) is 24.3 Å². The van der Waals surface area contributed by atoms with E-state index >= 15 is 0 Å². The lowest BCUT2D eigenvalue weighted by Gasteiger charge is -2.06. The molecule has 0 saturated heterocycles. The van der Waals surface area contributed by atoms with Gasteiger partial charge in [-0.05, 0) is 18.6 Å². The van der Waals surface area contributed by atoms with Gasteiger partial charge in [0.25, 0.3) is 0 Å². The van der Waals surface area contributed by atoms with Crippen LogP contribution in [0.15, 0.2) is 34.1 Å². The fourth-order valence-electron chi connectivity index (χ4n) is 1.34. The predicted molar refractivity (Wildman–Crippen MR) is 65.7 cm³/mol. The fraction of sp³-hybridized carbons (Fsp3) is 0.364. The van der Waals surface area contributed by atoms with Crippen molar-refractivity contribution in [1.82, 2.24) is 0 Å². The van der Waals surface area contributed by atoms with E-state index in [1.807, 2.05) is 6.07 Å². The number of benzene rings is 1. The molecule has 0 heterocycles. The summed E-state index contributed by atoms with van der Waals surface area (Å²) < 4.78 is 34.9. The van der Waals surface area contributed by atoms with Gasteiger partial charge in [-0.25, -0.2) is 8.42 Å². The van der Waals surface area contributed by atoms with E-state index < -0.39 is 20.6 Å². The number of hydrogen-bond acceptors (Lipinski definition) is 4. The Hall–Kier alpha value is -1.19. The molecule has 6 heteroatoms. The molecule has 0 fully saturated rings. The van der Waals surface area contributed by atoms with Gasteiger partial charge in [0.2, 0.25) is 0 Å². The van der Waals surface area contributed by atoms with Crippen LogP contribution < -0.4 is 0 Å². The minimum atomic E-state index is -3.37. The quantitative estimate of drug-likeness (QED) is 0.761. The minimum Gasteiger partial charge on any atom is -0.254 e. The first-order valence-electron chi connectivity index (χ1n) is 5.01. The summed E-state index contributed by atoms with van der Waals surface area (Å²) in [6, 6.07) is 8.23. The molecule has 1 aromatic carbocycles. The molecule has 0 N–H and O–H groups in total. The average molecular weight is 271 g/mol. The highest BCUT2D eigenvalue weighted by molar-refractivity contribution is 7.92. The van der Waals surface area contributed by atoms with E-state index in [1.54, 1.807) is 18.2 Å². The molecule has 17 heavy (non-hydrogen) atoms. The Balaban J connectivity index is 2.99. The summed E-state index contributed by atoms with van der Waals surface area (Å²) in [5.41, 5.74) is 0. The highest BCUT2D eigenvalue weighted by Gasteiger charge is 2.16. The van der Waals surface area contributed by atoms with Crippen molar-refractivity contribution in [2.75, 3.05) is 12.0 Å². The van der Waals surface area contributed by atoms with Gasteiger partial charge in [-0.1, -0.05) is 12.1 Å². The molecule has 1 unspecified atom stereocenters. The third-order valence-electron chi connectivity index (χ3n) is 2.11. The molecule has 0 aliphatic carbocycles. The van der Waals surface area contributed by atoms with Crippen LogP contribution in [0.4, 0.5) is 0 Å². The molecule has 1 atom stereocenters. The van der Waals surface area contributed by atoms with Gasteiger partial charge in [0.15, 0.2) is 9.84 Å². The third kappa shape index (κ3) is 3.95. The van der Waals surface area contributed by atoms with Gasteiger partial charge < -0.3 is 0 Å². The Labute approximate surface area is 104 Å². The molecule has 0 aliphatic rings. The first-order chi connectivity index (χ1) is 7.96. The van der Waals surface area contributed by atoms with Crippen molar-refractivity contribution in [2.45, 2.75) is 22.6 Å². The van der Waals surface area contributed by atoms with Gasteiger partial charge in [0.1, 0.15) is 0 Å². The molecule has 1 rings (SSSR count). The third-order valence-corrected chi connectivity index (χ3v) is 4.90. The Kier molecular flexibility index (Phi) is 4.85. The fourth-order valence-corrected chi connectivity index (χ4v) is 3.98. The molecule has 1 aromatic rings. The molecule has 0 aromatic heterocycles. The molecular formula is C11H13NO3S2. The molecule has 0 spiro atoms. The molecule has 0 bridgehead atoms. The van der Waals surface area contributed by atoms with Crippen LogP contribution in [-0.2, 0) is 20.6 Å². The maximum atomic E-state index is 11.9. The molecule has 0 aliphatic heterocycles. The number of rotatable bonds is 5. The molecule has 0 saturated carbocycles. The average Bonchev–Trinajstić information content (AvgIpc) is 2.28. The van der Waals surface area contributed by atoms with Crippen LogP contribution in [0.2, 0.25) is 0 Å². The van der Waals surface area contributed by atoms with Crippen LogP contribution in [0.5, 0.6) is 0 Å². The predicted octanol–water partition coefficient (Wildman–Crippen LogP) is 1.50. The molecule has 4 nitrogen and oxygen atoms in total. The number of sulfone groups is 1. The van der Waals surface area contributed by atoms with Gasteiger partial charge in [0.05, 0.1) is 26.7 Å². The normalized spacial score (nSPS) is 12.9. The highest BCUT2D eigenvalue weighted by atomic mass is 32.2. The minimum absolute atomic E-state index is 0.107. The molecule has 0 amide bonds. The van der Waals surface area contributed by atoms with Crippen molar-refractivity contribution in [2.24, 2.45) is 0 Å². The van der Waals surface area contributed by atoms with E-state index in [0.717, 1.165) is 6.26 Å². The first kappa shape index (κ1) is 13.9. The monoisotopic (exact) mass is 271 g/mol. The summed E-state index contributed by atoms with van der Waals surface area (Å²) in [6.45, 7) is 0. The van der Waals surface area contributed by atoms with Gasteiger partial charge in [-0.2, -0.15) is 5.26 Å². The summed E-state index contributed by atoms with van der Waals surface area (Å²) >= 11 is 0. The van der Waals surface area contributed by atoms with Crippen molar-refractivity contribution in [3.63, 3.8) is 0 Å². The lowest BCUT2D eigenvalue weighted by Crippen LogP contribution is -2.06. The summed E-state index contributed by atoms with van der Waals surface area (Å²) in [5, 5.41) is 8.39. The summed E-state index contributed by atoms with van der Waals surface area (Å²) in [7, 11) is -4.74. The van der Waals surface area contributed by atoms with Crippen LogP contribution in [0, 0.1) is 11.3 Å². The zero-order valence-electron chi connectivity index (χ0n) is 9.42. The Bertz CT molecular complexity index is 558. The number of nitrogens with zero attached hydrogens (tertiary/aromatic N) is 1. The SMILES string of the molecule is CS(=O)(=O)c1ccccc1S(=O)CCCC#N. The second-order valence-electron chi connectivity index (χ2n) is 3.53. The van der Waals surface area contributed by atoms with Crippen LogP contribution in [0.25, 0.3) is 0 Å². The summed E-state index contributed by atoms with van der Waals surface area (Å²) in [6.07, 6.45) is 1.92. The van der Waals surface area contributed by atoms with E-state index in [9.17, 15) is 12.6 Å².